The SMILES string of the molecule is NC(=O)[C@@H]1CCN(C(=O)Cc2csc(-c3ccccc3)n2)C1. The van der Waals surface area contributed by atoms with Crippen LogP contribution in [0, 0.1) is 5.92 Å². The number of likely N-dealkylation sites (tertiary alicyclic amines) is 1. The minimum Gasteiger partial charge on any atom is -0.369 e. The summed E-state index contributed by atoms with van der Waals surface area (Å²) >= 11 is 1.54. The van der Waals surface area contributed by atoms with Crippen LogP contribution in [-0.4, -0.2) is 34.8 Å². The second-order valence-electron chi connectivity index (χ2n) is 5.41. The van der Waals surface area contributed by atoms with Crippen molar-refractivity contribution in [2.24, 2.45) is 11.7 Å². The Hall–Kier alpha value is -2.21. The Bertz CT molecular complexity index is 684. The van der Waals surface area contributed by atoms with Crippen molar-refractivity contribution in [3.63, 3.8) is 0 Å². The van der Waals surface area contributed by atoms with E-state index >= 15 is 0 Å². The van der Waals surface area contributed by atoms with Crippen molar-refractivity contribution >= 4 is 23.2 Å². The number of primary amides is 1. The standard InChI is InChI=1S/C16H17N3O2S/c17-15(21)12-6-7-19(9-12)14(20)8-13-10-22-16(18-13)11-4-2-1-3-5-11/h1-5,10,12H,6-9H2,(H2,17,21)/t12-/m1/s1. The third-order valence-electron chi connectivity index (χ3n) is 3.85. The molecule has 1 saturated heterocycles. The number of rotatable bonds is 4. The van der Waals surface area contributed by atoms with Gasteiger partial charge in [0.1, 0.15) is 5.01 Å². The van der Waals surface area contributed by atoms with Crippen LogP contribution in [0.1, 0.15) is 12.1 Å². The molecule has 0 aliphatic carbocycles. The molecule has 0 unspecified atom stereocenters. The fraction of sp³-hybridized carbons (Fsp3) is 0.312. The zero-order chi connectivity index (χ0) is 15.5. The molecule has 22 heavy (non-hydrogen) atoms. The molecule has 0 spiro atoms. The number of hydrogen-bond acceptors (Lipinski definition) is 4. The normalized spacial score (nSPS) is 17.6. The number of carbonyl (C=O) groups excluding carboxylic acids is 2. The lowest BCUT2D eigenvalue weighted by Crippen LogP contribution is -2.32. The van der Waals surface area contributed by atoms with Crippen molar-refractivity contribution in [3.8, 4) is 10.6 Å². The molecule has 1 aromatic carbocycles. The van der Waals surface area contributed by atoms with Crippen LogP contribution in [0.15, 0.2) is 35.7 Å². The zero-order valence-electron chi connectivity index (χ0n) is 12.1. The van der Waals surface area contributed by atoms with Crippen molar-refractivity contribution in [2.45, 2.75) is 12.8 Å². The van der Waals surface area contributed by atoms with Gasteiger partial charge in [-0.3, -0.25) is 9.59 Å². The Kier molecular flexibility index (Phi) is 4.20. The van der Waals surface area contributed by atoms with Gasteiger partial charge < -0.3 is 10.6 Å². The molecular formula is C16H17N3O2S. The smallest absolute Gasteiger partial charge is 0.228 e. The molecule has 2 aromatic rings. The maximum atomic E-state index is 12.3. The second kappa shape index (κ2) is 6.27. The lowest BCUT2D eigenvalue weighted by atomic mass is 10.1. The third-order valence-corrected chi connectivity index (χ3v) is 4.79. The molecule has 6 heteroatoms. The molecule has 3 rings (SSSR count). The largest absolute Gasteiger partial charge is 0.369 e. The number of aromatic nitrogens is 1. The highest BCUT2D eigenvalue weighted by molar-refractivity contribution is 7.13. The molecule has 0 saturated carbocycles. The van der Waals surface area contributed by atoms with Gasteiger partial charge in [0.2, 0.25) is 11.8 Å². The predicted molar refractivity (Wildman–Crippen MR) is 85.1 cm³/mol. The van der Waals surface area contributed by atoms with Gasteiger partial charge in [0.15, 0.2) is 0 Å². The summed E-state index contributed by atoms with van der Waals surface area (Å²) in [6.07, 6.45) is 0.933. The highest BCUT2D eigenvalue weighted by atomic mass is 32.1. The van der Waals surface area contributed by atoms with Crippen LogP contribution in [0.3, 0.4) is 0 Å². The van der Waals surface area contributed by atoms with Gasteiger partial charge in [0.05, 0.1) is 18.0 Å². The highest BCUT2D eigenvalue weighted by Crippen LogP contribution is 2.24. The first-order valence-corrected chi connectivity index (χ1v) is 8.08. The van der Waals surface area contributed by atoms with Gasteiger partial charge in [-0.15, -0.1) is 11.3 Å². The van der Waals surface area contributed by atoms with Gasteiger partial charge in [-0.05, 0) is 6.42 Å². The monoisotopic (exact) mass is 315 g/mol. The molecule has 2 amide bonds. The number of nitrogens with two attached hydrogens (primary N) is 1. The average molecular weight is 315 g/mol. The van der Waals surface area contributed by atoms with Crippen LogP contribution in [0.5, 0.6) is 0 Å². The van der Waals surface area contributed by atoms with E-state index in [0.29, 0.717) is 19.5 Å². The van der Waals surface area contributed by atoms with E-state index in [2.05, 4.69) is 4.98 Å². The Balaban J connectivity index is 1.63. The molecule has 1 atom stereocenters. The van der Waals surface area contributed by atoms with Gasteiger partial charge in [0, 0.05) is 24.0 Å². The Morgan fingerprint density at radius 3 is 2.77 bits per heavy atom. The van der Waals surface area contributed by atoms with E-state index in [4.69, 9.17) is 5.73 Å². The first kappa shape index (κ1) is 14.7. The van der Waals surface area contributed by atoms with Crippen LogP contribution in [-0.2, 0) is 16.0 Å². The van der Waals surface area contributed by atoms with Crippen molar-refractivity contribution in [1.29, 1.82) is 0 Å². The van der Waals surface area contributed by atoms with E-state index in [9.17, 15) is 9.59 Å². The molecule has 1 fully saturated rings. The molecule has 1 aliphatic heterocycles. The number of nitrogens with zero attached hydrogens (tertiary/aromatic N) is 2. The Morgan fingerprint density at radius 2 is 2.09 bits per heavy atom. The van der Waals surface area contributed by atoms with Crippen molar-refractivity contribution in [2.75, 3.05) is 13.1 Å². The minimum atomic E-state index is -0.324. The zero-order valence-corrected chi connectivity index (χ0v) is 12.9. The summed E-state index contributed by atoms with van der Waals surface area (Å²) in [4.78, 5) is 29.7. The molecule has 2 N–H and O–H groups in total. The number of amides is 2. The van der Waals surface area contributed by atoms with E-state index < -0.39 is 0 Å². The van der Waals surface area contributed by atoms with Crippen molar-refractivity contribution in [3.05, 3.63) is 41.4 Å². The highest BCUT2D eigenvalue weighted by Gasteiger charge is 2.29. The lowest BCUT2D eigenvalue weighted by Gasteiger charge is -2.15. The summed E-state index contributed by atoms with van der Waals surface area (Å²) in [6.45, 7) is 1.03. The third kappa shape index (κ3) is 3.17. The molecule has 0 radical (unpaired) electrons. The van der Waals surface area contributed by atoms with E-state index in [0.717, 1.165) is 16.3 Å². The summed E-state index contributed by atoms with van der Waals surface area (Å²) in [5, 5.41) is 2.84. The molecular weight excluding hydrogens is 298 g/mol. The number of hydrogen-bond donors (Lipinski definition) is 1. The second-order valence-corrected chi connectivity index (χ2v) is 6.27. The first-order chi connectivity index (χ1) is 10.6. The summed E-state index contributed by atoms with van der Waals surface area (Å²) in [5.74, 6) is -0.525. The van der Waals surface area contributed by atoms with E-state index in [1.807, 2.05) is 35.7 Å². The molecule has 5 nitrogen and oxygen atoms in total. The predicted octanol–water partition coefficient (Wildman–Crippen LogP) is 1.69. The van der Waals surface area contributed by atoms with Crippen molar-refractivity contribution < 1.29 is 9.59 Å². The average Bonchev–Trinajstić information content (AvgIpc) is 3.17. The maximum Gasteiger partial charge on any atom is 0.228 e. The summed E-state index contributed by atoms with van der Waals surface area (Å²) in [5.41, 5.74) is 7.12. The van der Waals surface area contributed by atoms with Crippen LogP contribution in [0.25, 0.3) is 10.6 Å². The molecule has 1 aromatic heterocycles. The van der Waals surface area contributed by atoms with Gasteiger partial charge in [-0.1, -0.05) is 30.3 Å². The first-order valence-electron chi connectivity index (χ1n) is 7.20. The van der Waals surface area contributed by atoms with Crippen LogP contribution in [0.2, 0.25) is 0 Å². The molecule has 1 aliphatic rings. The molecule has 2 heterocycles. The molecule has 0 bridgehead atoms. The Morgan fingerprint density at radius 1 is 1.32 bits per heavy atom. The number of benzene rings is 1. The van der Waals surface area contributed by atoms with Gasteiger partial charge in [-0.2, -0.15) is 0 Å². The minimum absolute atomic E-state index is 0.00802. The van der Waals surface area contributed by atoms with E-state index in [-0.39, 0.29) is 24.2 Å². The lowest BCUT2D eigenvalue weighted by molar-refractivity contribution is -0.129. The van der Waals surface area contributed by atoms with Crippen molar-refractivity contribution in [1.82, 2.24) is 9.88 Å². The van der Waals surface area contributed by atoms with E-state index in [1.165, 1.54) is 11.3 Å². The maximum absolute atomic E-state index is 12.3. The summed E-state index contributed by atoms with van der Waals surface area (Å²) < 4.78 is 0. The molecule has 114 valence electrons. The topological polar surface area (TPSA) is 76.3 Å². The fourth-order valence-electron chi connectivity index (χ4n) is 2.59. The number of carbonyl (C=O) groups is 2. The fourth-order valence-corrected chi connectivity index (χ4v) is 3.41. The van der Waals surface area contributed by atoms with Crippen LogP contribution in [0.4, 0.5) is 0 Å². The summed E-state index contributed by atoms with van der Waals surface area (Å²) in [7, 11) is 0. The Labute approximate surface area is 132 Å². The van der Waals surface area contributed by atoms with Gasteiger partial charge >= 0.3 is 0 Å². The number of thiazole rings is 1. The van der Waals surface area contributed by atoms with Crippen LogP contribution < -0.4 is 5.73 Å². The quantitative estimate of drug-likeness (QED) is 0.932. The van der Waals surface area contributed by atoms with Gasteiger partial charge in [-0.25, -0.2) is 4.98 Å². The van der Waals surface area contributed by atoms with Gasteiger partial charge in [0.25, 0.3) is 0 Å². The van der Waals surface area contributed by atoms with Crippen LogP contribution >= 0.6 is 11.3 Å². The summed E-state index contributed by atoms with van der Waals surface area (Å²) in [6, 6.07) is 9.90. The van der Waals surface area contributed by atoms with E-state index in [1.54, 1.807) is 4.90 Å².